The first-order valence-electron chi connectivity index (χ1n) is 6.58. The number of H-pyrrole nitrogens is 2. The van der Waals surface area contributed by atoms with E-state index in [1.165, 1.54) is 12.8 Å². The van der Waals surface area contributed by atoms with Gasteiger partial charge in [-0.25, -0.2) is 4.79 Å². The van der Waals surface area contributed by atoms with Crippen LogP contribution in [0.25, 0.3) is 11.0 Å². The summed E-state index contributed by atoms with van der Waals surface area (Å²) in [6.07, 6.45) is 2.51. The highest BCUT2D eigenvalue weighted by Crippen LogP contribution is 2.26. The molecule has 0 radical (unpaired) electrons. The van der Waals surface area contributed by atoms with Crippen LogP contribution in [0.4, 0.5) is 5.69 Å². The van der Waals surface area contributed by atoms with Crippen molar-refractivity contribution in [2.24, 2.45) is 5.92 Å². The van der Waals surface area contributed by atoms with E-state index in [0.29, 0.717) is 5.92 Å². The van der Waals surface area contributed by atoms with Crippen LogP contribution >= 0.6 is 15.9 Å². The molecule has 102 valence electrons. The summed E-state index contributed by atoms with van der Waals surface area (Å²) in [5, 5.41) is 6.88. The summed E-state index contributed by atoms with van der Waals surface area (Å²) in [6.45, 7) is 3.16. The van der Waals surface area contributed by atoms with Crippen molar-refractivity contribution in [3.63, 3.8) is 0 Å². The molecule has 3 rings (SSSR count). The van der Waals surface area contributed by atoms with Gasteiger partial charge in [0.05, 0.1) is 16.7 Å². The Bertz CT molecular complexity index is 627. The van der Waals surface area contributed by atoms with Crippen LogP contribution < -0.4 is 16.3 Å². The maximum atomic E-state index is 11.3. The van der Waals surface area contributed by atoms with E-state index >= 15 is 0 Å². The van der Waals surface area contributed by atoms with E-state index in [-0.39, 0.29) is 5.69 Å². The number of hydrogen-bond acceptors (Lipinski definition) is 3. The second-order valence-corrected chi connectivity index (χ2v) is 5.90. The lowest BCUT2D eigenvalue weighted by atomic mass is 10.00. The second kappa shape index (κ2) is 5.38. The number of fused-ring (bicyclic) bond motifs is 1. The van der Waals surface area contributed by atoms with E-state index < -0.39 is 0 Å². The third kappa shape index (κ3) is 2.84. The number of aromatic nitrogens is 2. The average Bonchev–Trinajstić information content (AvgIpc) is 2.76. The molecule has 19 heavy (non-hydrogen) atoms. The molecule has 0 bridgehead atoms. The summed E-state index contributed by atoms with van der Waals surface area (Å²) in [6, 6.07) is 3.89. The number of rotatable bonds is 3. The second-order valence-electron chi connectivity index (χ2n) is 5.05. The molecule has 1 fully saturated rings. The normalized spacial score (nSPS) is 19.7. The van der Waals surface area contributed by atoms with Gasteiger partial charge in [-0.3, -0.25) is 0 Å². The maximum Gasteiger partial charge on any atom is 0.323 e. The molecular formula is C13H17BrN4O. The molecule has 0 spiro atoms. The minimum atomic E-state index is -0.171. The summed E-state index contributed by atoms with van der Waals surface area (Å²) in [5.74, 6) is 0.668. The molecular weight excluding hydrogens is 308 g/mol. The van der Waals surface area contributed by atoms with Crippen molar-refractivity contribution < 1.29 is 0 Å². The van der Waals surface area contributed by atoms with Crippen molar-refractivity contribution in [2.45, 2.75) is 12.8 Å². The Morgan fingerprint density at radius 2 is 2.11 bits per heavy atom. The van der Waals surface area contributed by atoms with Crippen LogP contribution in [0.5, 0.6) is 0 Å². The average molecular weight is 325 g/mol. The lowest BCUT2D eigenvalue weighted by Crippen LogP contribution is -2.33. The summed E-state index contributed by atoms with van der Waals surface area (Å²) < 4.78 is 0.971. The molecule has 1 aromatic heterocycles. The fourth-order valence-electron chi connectivity index (χ4n) is 2.54. The van der Waals surface area contributed by atoms with E-state index in [1.807, 2.05) is 12.1 Å². The van der Waals surface area contributed by atoms with Crippen LogP contribution in [0.3, 0.4) is 0 Å². The number of halogens is 1. The molecule has 1 aliphatic rings. The number of imidazole rings is 1. The fourth-order valence-corrected chi connectivity index (χ4v) is 3.03. The highest BCUT2D eigenvalue weighted by atomic mass is 79.9. The van der Waals surface area contributed by atoms with Gasteiger partial charge in [0.2, 0.25) is 0 Å². The van der Waals surface area contributed by atoms with Crippen molar-refractivity contribution in [1.29, 1.82) is 0 Å². The minimum Gasteiger partial charge on any atom is -0.384 e. The molecule has 0 amide bonds. The molecule has 1 saturated heterocycles. The predicted molar refractivity (Wildman–Crippen MR) is 80.7 cm³/mol. The van der Waals surface area contributed by atoms with Crippen LogP contribution in [0, 0.1) is 5.92 Å². The molecule has 4 N–H and O–H groups in total. The third-order valence-electron chi connectivity index (χ3n) is 3.58. The van der Waals surface area contributed by atoms with Gasteiger partial charge < -0.3 is 20.6 Å². The van der Waals surface area contributed by atoms with Gasteiger partial charge in [0.25, 0.3) is 0 Å². The zero-order valence-electron chi connectivity index (χ0n) is 10.6. The zero-order valence-corrected chi connectivity index (χ0v) is 12.1. The van der Waals surface area contributed by atoms with Crippen LogP contribution in [0.1, 0.15) is 12.8 Å². The molecule has 1 unspecified atom stereocenters. The summed E-state index contributed by atoms with van der Waals surface area (Å²) in [4.78, 5) is 16.8. The Morgan fingerprint density at radius 1 is 1.32 bits per heavy atom. The Kier molecular flexibility index (Phi) is 3.61. The minimum absolute atomic E-state index is 0.171. The molecule has 0 saturated carbocycles. The van der Waals surface area contributed by atoms with E-state index in [4.69, 9.17) is 0 Å². The van der Waals surface area contributed by atoms with Gasteiger partial charge in [-0.15, -0.1) is 0 Å². The first kappa shape index (κ1) is 12.7. The number of nitrogens with one attached hydrogen (secondary N) is 4. The summed E-state index contributed by atoms with van der Waals surface area (Å²) >= 11 is 3.54. The van der Waals surface area contributed by atoms with Gasteiger partial charge in [0.1, 0.15) is 0 Å². The molecule has 2 aromatic rings. The van der Waals surface area contributed by atoms with E-state index in [2.05, 4.69) is 36.5 Å². The van der Waals surface area contributed by atoms with Crippen LogP contribution in [-0.4, -0.2) is 29.6 Å². The molecule has 1 atom stereocenters. The van der Waals surface area contributed by atoms with Gasteiger partial charge >= 0.3 is 5.69 Å². The highest BCUT2D eigenvalue weighted by molar-refractivity contribution is 9.10. The van der Waals surface area contributed by atoms with Crippen molar-refractivity contribution in [1.82, 2.24) is 15.3 Å². The molecule has 2 heterocycles. The molecule has 1 aliphatic heterocycles. The van der Waals surface area contributed by atoms with Gasteiger partial charge in [-0.1, -0.05) is 0 Å². The Hall–Kier alpha value is -1.27. The van der Waals surface area contributed by atoms with Gasteiger partial charge in [-0.2, -0.15) is 0 Å². The SMILES string of the molecule is O=c1[nH]c2cc(Br)c(NCC3CCCNC3)cc2[nH]1. The van der Waals surface area contributed by atoms with Gasteiger partial charge in [-0.05, 0) is 59.9 Å². The van der Waals surface area contributed by atoms with Crippen molar-refractivity contribution in [3.8, 4) is 0 Å². The number of piperidine rings is 1. The molecule has 0 aliphatic carbocycles. The van der Waals surface area contributed by atoms with Crippen molar-refractivity contribution >= 4 is 32.7 Å². The molecule has 5 nitrogen and oxygen atoms in total. The Labute approximate surface area is 119 Å². The Morgan fingerprint density at radius 3 is 2.84 bits per heavy atom. The van der Waals surface area contributed by atoms with Crippen molar-refractivity contribution in [3.05, 3.63) is 27.1 Å². The van der Waals surface area contributed by atoms with Gasteiger partial charge in [0, 0.05) is 11.0 Å². The van der Waals surface area contributed by atoms with Gasteiger partial charge in [0.15, 0.2) is 0 Å². The van der Waals surface area contributed by atoms with E-state index in [1.54, 1.807) is 0 Å². The lowest BCUT2D eigenvalue weighted by molar-refractivity contribution is 0.393. The summed E-state index contributed by atoms with van der Waals surface area (Å²) in [7, 11) is 0. The fraction of sp³-hybridized carbons (Fsp3) is 0.462. The summed E-state index contributed by atoms with van der Waals surface area (Å²) in [5.41, 5.74) is 2.50. The molecule has 1 aromatic carbocycles. The number of hydrogen-bond donors (Lipinski definition) is 4. The van der Waals surface area contributed by atoms with Crippen molar-refractivity contribution in [2.75, 3.05) is 25.0 Å². The van der Waals surface area contributed by atoms with E-state index in [0.717, 1.165) is 40.8 Å². The van der Waals surface area contributed by atoms with Crippen LogP contribution in [0.15, 0.2) is 21.4 Å². The predicted octanol–water partition coefficient (Wildman–Crippen LogP) is 2.03. The highest BCUT2D eigenvalue weighted by Gasteiger charge is 2.13. The zero-order chi connectivity index (χ0) is 13.2. The van der Waals surface area contributed by atoms with Crippen LogP contribution in [-0.2, 0) is 0 Å². The third-order valence-corrected chi connectivity index (χ3v) is 4.24. The van der Waals surface area contributed by atoms with Crippen LogP contribution in [0.2, 0.25) is 0 Å². The first-order chi connectivity index (χ1) is 9.22. The maximum absolute atomic E-state index is 11.3. The number of benzene rings is 1. The lowest BCUT2D eigenvalue weighted by Gasteiger charge is -2.23. The Balaban J connectivity index is 1.76. The number of aromatic amines is 2. The topological polar surface area (TPSA) is 72.7 Å². The number of anilines is 1. The monoisotopic (exact) mass is 324 g/mol. The first-order valence-corrected chi connectivity index (χ1v) is 7.38. The quantitative estimate of drug-likeness (QED) is 0.698. The van der Waals surface area contributed by atoms with E-state index in [9.17, 15) is 4.79 Å². The smallest absolute Gasteiger partial charge is 0.323 e. The largest absolute Gasteiger partial charge is 0.384 e. The standard InChI is InChI=1S/C13H17BrN4O/c14-9-4-11-12(18-13(19)17-11)5-10(9)16-7-8-2-1-3-15-6-8/h4-5,8,15-16H,1-3,6-7H2,(H2,17,18,19). The molecule has 6 heteroatoms.